The van der Waals surface area contributed by atoms with E-state index in [9.17, 15) is 19.2 Å². The summed E-state index contributed by atoms with van der Waals surface area (Å²) in [6.07, 6.45) is 1.37. The molecule has 1 heterocycles. The van der Waals surface area contributed by atoms with Gasteiger partial charge in [0.2, 0.25) is 5.91 Å². The van der Waals surface area contributed by atoms with E-state index >= 15 is 0 Å². The maximum atomic E-state index is 12.2. The summed E-state index contributed by atoms with van der Waals surface area (Å²) < 4.78 is 4.95. The number of rotatable bonds is 7. The minimum atomic E-state index is -0.696. The van der Waals surface area contributed by atoms with E-state index in [0.717, 1.165) is 17.7 Å². The summed E-state index contributed by atoms with van der Waals surface area (Å²) in [5, 5.41) is 2.47. The first-order chi connectivity index (χ1) is 13.9. The van der Waals surface area contributed by atoms with Crippen LogP contribution in [0.2, 0.25) is 0 Å². The van der Waals surface area contributed by atoms with Gasteiger partial charge in [-0.25, -0.2) is 0 Å². The Hall–Kier alpha value is -3.48. The lowest BCUT2D eigenvalue weighted by Crippen LogP contribution is -2.31. The zero-order valence-electron chi connectivity index (χ0n) is 16.1. The number of hydrogen-bond donors (Lipinski definition) is 1. The van der Waals surface area contributed by atoms with E-state index < -0.39 is 12.6 Å². The average Bonchev–Trinajstić information content (AvgIpc) is 3.16. The van der Waals surface area contributed by atoms with E-state index in [1.807, 2.05) is 13.0 Å². The molecule has 1 aliphatic heterocycles. The zero-order valence-corrected chi connectivity index (χ0v) is 16.1. The highest BCUT2D eigenvalue weighted by atomic mass is 16.5. The van der Waals surface area contributed by atoms with Gasteiger partial charge < -0.3 is 15.0 Å². The quantitative estimate of drug-likeness (QED) is 0.574. The fraction of sp³-hybridized carbons (Fsp3) is 0.273. The summed E-state index contributed by atoms with van der Waals surface area (Å²) >= 11 is 0. The van der Waals surface area contributed by atoms with Crippen LogP contribution < -0.4 is 10.2 Å². The van der Waals surface area contributed by atoms with Gasteiger partial charge in [0.25, 0.3) is 5.91 Å². The Labute approximate surface area is 168 Å². The Morgan fingerprint density at radius 3 is 2.48 bits per heavy atom. The third-order valence-electron chi connectivity index (χ3n) is 4.61. The molecule has 0 radical (unpaired) electrons. The summed E-state index contributed by atoms with van der Waals surface area (Å²) in [7, 11) is 0. The van der Waals surface area contributed by atoms with Crippen molar-refractivity contribution in [3.05, 3.63) is 65.2 Å². The smallest absolute Gasteiger partial charge is 0.325 e. The van der Waals surface area contributed by atoms with E-state index in [2.05, 4.69) is 5.32 Å². The predicted molar refractivity (Wildman–Crippen MR) is 107 cm³/mol. The van der Waals surface area contributed by atoms with E-state index in [4.69, 9.17) is 4.74 Å². The Morgan fingerprint density at radius 2 is 1.83 bits per heavy atom. The lowest BCUT2D eigenvalue weighted by Gasteiger charge is -2.15. The maximum Gasteiger partial charge on any atom is 0.325 e. The van der Waals surface area contributed by atoms with Crippen molar-refractivity contribution in [3.63, 3.8) is 0 Å². The van der Waals surface area contributed by atoms with E-state index in [1.54, 1.807) is 47.4 Å². The van der Waals surface area contributed by atoms with Crippen LogP contribution in [-0.4, -0.2) is 43.3 Å². The van der Waals surface area contributed by atoms with Gasteiger partial charge in [-0.15, -0.1) is 0 Å². The lowest BCUT2D eigenvalue weighted by atomic mass is 10.1. The molecule has 29 heavy (non-hydrogen) atoms. The highest BCUT2D eigenvalue weighted by Crippen LogP contribution is 2.21. The van der Waals surface area contributed by atoms with Gasteiger partial charge in [0.05, 0.1) is 0 Å². The lowest BCUT2D eigenvalue weighted by molar-refractivity contribution is -0.141. The molecule has 1 saturated heterocycles. The minimum absolute atomic E-state index is 0.0747. The zero-order chi connectivity index (χ0) is 20.8. The minimum Gasteiger partial charge on any atom is -0.456 e. The van der Waals surface area contributed by atoms with Crippen LogP contribution in [0.4, 0.5) is 5.69 Å². The number of nitrogens with one attached hydrogen (secondary N) is 1. The van der Waals surface area contributed by atoms with E-state index in [0.29, 0.717) is 24.1 Å². The summed E-state index contributed by atoms with van der Waals surface area (Å²) in [6.45, 7) is 1.81. The second kappa shape index (κ2) is 9.14. The van der Waals surface area contributed by atoms with Gasteiger partial charge in [-0.3, -0.25) is 19.2 Å². The van der Waals surface area contributed by atoms with Crippen molar-refractivity contribution in [3.8, 4) is 0 Å². The number of nitrogens with zero attached hydrogens (tertiary/aromatic N) is 1. The molecule has 1 aliphatic rings. The number of anilines is 1. The fourth-order valence-electron chi connectivity index (χ4n) is 3.07. The molecule has 3 rings (SSSR count). The summed E-state index contributed by atoms with van der Waals surface area (Å²) in [5.74, 6) is -1.36. The van der Waals surface area contributed by atoms with Crippen molar-refractivity contribution in [1.29, 1.82) is 0 Å². The second-order valence-electron chi connectivity index (χ2n) is 6.83. The van der Waals surface area contributed by atoms with Crippen LogP contribution in [0, 0.1) is 6.92 Å². The van der Waals surface area contributed by atoms with Crippen LogP contribution in [0.1, 0.15) is 39.1 Å². The molecular formula is C22H22N2O5. The average molecular weight is 394 g/mol. The van der Waals surface area contributed by atoms with Crippen LogP contribution in [-0.2, 0) is 14.3 Å². The number of Topliss-reactive ketones (excluding diaryl/α,β-unsaturated/α-hetero) is 1. The van der Waals surface area contributed by atoms with Crippen molar-refractivity contribution in [2.24, 2.45) is 0 Å². The Kier molecular flexibility index (Phi) is 6.39. The van der Waals surface area contributed by atoms with Crippen molar-refractivity contribution >= 4 is 29.3 Å². The largest absolute Gasteiger partial charge is 0.456 e. The Morgan fingerprint density at radius 1 is 1.07 bits per heavy atom. The number of ketones is 1. The van der Waals surface area contributed by atoms with Crippen molar-refractivity contribution < 1.29 is 23.9 Å². The maximum absolute atomic E-state index is 12.2. The standard InChI is InChI=1S/C22H22N2O5/c1-15-4-2-5-17(12-15)22(28)23-13-21(27)29-14-19(25)16-7-9-18(10-8-16)24-11-3-6-20(24)26/h2,4-5,7-10,12H,3,6,11,13-14H2,1H3,(H,23,28). The van der Waals surface area contributed by atoms with E-state index in [-0.39, 0.29) is 24.1 Å². The predicted octanol–water partition coefficient (Wildman–Crippen LogP) is 2.28. The number of hydrogen-bond acceptors (Lipinski definition) is 5. The van der Waals surface area contributed by atoms with Crippen molar-refractivity contribution in [1.82, 2.24) is 5.32 Å². The first-order valence-corrected chi connectivity index (χ1v) is 9.38. The van der Waals surface area contributed by atoms with Gasteiger partial charge >= 0.3 is 5.97 Å². The monoisotopic (exact) mass is 394 g/mol. The van der Waals surface area contributed by atoms with Crippen molar-refractivity contribution in [2.45, 2.75) is 19.8 Å². The molecule has 0 bridgehead atoms. The number of carbonyl (C=O) groups excluding carboxylic acids is 4. The Balaban J connectivity index is 1.45. The number of carbonyl (C=O) groups is 4. The number of esters is 1. The fourth-order valence-corrected chi connectivity index (χ4v) is 3.07. The molecule has 150 valence electrons. The molecule has 0 aromatic heterocycles. The second-order valence-corrected chi connectivity index (χ2v) is 6.83. The highest BCUT2D eigenvalue weighted by Gasteiger charge is 2.21. The van der Waals surface area contributed by atoms with Gasteiger partial charge in [-0.2, -0.15) is 0 Å². The molecule has 7 heteroatoms. The molecule has 7 nitrogen and oxygen atoms in total. The third-order valence-corrected chi connectivity index (χ3v) is 4.61. The number of ether oxygens (including phenoxy) is 1. The number of benzene rings is 2. The van der Waals surface area contributed by atoms with Crippen molar-refractivity contribution in [2.75, 3.05) is 24.6 Å². The van der Waals surface area contributed by atoms with Gasteiger partial charge in [-0.05, 0) is 49.7 Å². The summed E-state index contributed by atoms with van der Waals surface area (Å²) in [5.41, 5.74) is 2.52. The third kappa shape index (κ3) is 5.28. The first-order valence-electron chi connectivity index (χ1n) is 9.38. The van der Waals surface area contributed by atoms with Gasteiger partial charge in [0.1, 0.15) is 6.54 Å². The number of amides is 2. The molecule has 1 fully saturated rings. The van der Waals surface area contributed by atoms with Crippen LogP contribution >= 0.6 is 0 Å². The van der Waals surface area contributed by atoms with E-state index in [1.165, 1.54) is 0 Å². The molecule has 0 aliphatic carbocycles. The topological polar surface area (TPSA) is 92.8 Å². The van der Waals surface area contributed by atoms with Crippen LogP contribution in [0.3, 0.4) is 0 Å². The van der Waals surface area contributed by atoms with Gasteiger partial charge in [-0.1, -0.05) is 17.7 Å². The Bertz CT molecular complexity index is 936. The normalized spacial score (nSPS) is 13.3. The molecule has 1 N–H and O–H groups in total. The molecule has 2 aromatic rings. The highest BCUT2D eigenvalue weighted by molar-refractivity contribution is 6.00. The van der Waals surface area contributed by atoms with Crippen LogP contribution in [0.15, 0.2) is 48.5 Å². The molecule has 0 atom stereocenters. The molecule has 2 aromatic carbocycles. The summed E-state index contributed by atoms with van der Waals surface area (Å²) in [6, 6.07) is 13.6. The van der Waals surface area contributed by atoms with Gasteiger partial charge in [0, 0.05) is 29.8 Å². The van der Waals surface area contributed by atoms with Crippen LogP contribution in [0.5, 0.6) is 0 Å². The molecule has 0 saturated carbocycles. The molecule has 0 spiro atoms. The number of aryl methyl sites for hydroxylation is 1. The summed E-state index contributed by atoms with van der Waals surface area (Å²) in [4.78, 5) is 49.5. The van der Waals surface area contributed by atoms with Gasteiger partial charge in [0.15, 0.2) is 12.4 Å². The first kappa shape index (κ1) is 20.3. The molecule has 0 unspecified atom stereocenters. The SMILES string of the molecule is Cc1cccc(C(=O)NCC(=O)OCC(=O)c2ccc(N3CCCC3=O)cc2)c1. The van der Waals surface area contributed by atoms with Crippen LogP contribution in [0.25, 0.3) is 0 Å². The molecular weight excluding hydrogens is 372 g/mol. The molecule has 2 amide bonds.